The fraction of sp³-hybridized carbons (Fsp3) is 1.00. The van der Waals surface area contributed by atoms with Crippen molar-refractivity contribution in [2.45, 2.75) is 371 Å². The number of unbranched alkanes of at least 4 members (excludes halogenated alkanes) is 8. The summed E-state index contributed by atoms with van der Waals surface area (Å²) in [5.41, 5.74) is 0. The molecule has 0 heterocycles. The van der Waals surface area contributed by atoms with Gasteiger partial charge in [-0.15, -0.1) is 0 Å². The van der Waals surface area contributed by atoms with Crippen molar-refractivity contribution in [2.75, 3.05) is 0 Å². The third-order valence-electron chi connectivity index (χ3n) is 15.4. The van der Waals surface area contributed by atoms with Gasteiger partial charge in [0.1, 0.15) is 0 Å². The van der Waals surface area contributed by atoms with E-state index in [0.717, 1.165) is 53.3 Å². The maximum atomic E-state index is 2.39. The van der Waals surface area contributed by atoms with Crippen LogP contribution in [0.1, 0.15) is 371 Å². The predicted octanol–water partition coefficient (Wildman–Crippen LogP) is 25.8. The maximum Gasteiger partial charge on any atom is -0.0412 e. The minimum Gasteiger partial charge on any atom is -0.0776 e. The maximum absolute atomic E-state index is 2.39. The van der Waals surface area contributed by atoms with Crippen LogP contribution in [0.5, 0.6) is 0 Å². The molecule has 0 radical (unpaired) electrons. The first-order valence-corrected chi connectivity index (χ1v) is 30.5. The average Bonchev–Trinajstić information content (AvgIpc) is 3.30. The minimum atomic E-state index is 0. The van der Waals surface area contributed by atoms with Crippen LogP contribution < -0.4 is 0 Å². The zero-order valence-corrected chi connectivity index (χ0v) is 48.9. The zero-order valence-electron chi connectivity index (χ0n) is 48.9. The van der Waals surface area contributed by atoms with Crippen molar-refractivity contribution >= 4 is 0 Å². The molecule has 0 nitrogen and oxygen atoms in total. The smallest absolute Gasteiger partial charge is 0.0412 e. The van der Waals surface area contributed by atoms with E-state index in [1.165, 1.54) is 225 Å². The molecule has 65 heavy (non-hydrogen) atoms. The van der Waals surface area contributed by atoms with Crippen LogP contribution in [0.25, 0.3) is 0 Å². The van der Waals surface area contributed by atoms with Gasteiger partial charge in [-0.25, -0.2) is 0 Å². The second kappa shape index (κ2) is 66.1. The fourth-order valence-electron chi connectivity index (χ4n) is 10.2. The zero-order chi connectivity index (χ0) is 48.9. The Morgan fingerprint density at radius 3 is 0.723 bits per heavy atom. The summed E-state index contributed by atoms with van der Waals surface area (Å²) in [6.07, 6.45) is 49.6. The molecule has 1 aliphatic rings. The molecule has 0 N–H and O–H groups in total. The quantitative estimate of drug-likeness (QED) is 0.0608. The summed E-state index contributed by atoms with van der Waals surface area (Å²) in [7, 11) is 0. The Morgan fingerprint density at radius 1 is 0.262 bits per heavy atom. The van der Waals surface area contributed by atoms with E-state index < -0.39 is 0 Å². The standard InChI is InChI=1S/C16H32.C15H32.C12H26.C10H22.C7H16.C3H8.2CH4/c1-5-13-9-14(6-2)11-16(8-4)12-15(7-3)10-13;1-6-13(7-2)11-15(10-5)12-14(8-3)9-4;1-4-7-8-9-11-12(6-3)10-5-2;1-4-7-9-10(6-3)8-5-2;1-3-5-7-6-4-2;1-3-2;;/h13-16H,5-12H2,1-4H3;13-15H,6-12H2,1-5H3;12H,4-11H2,1-3H3;10H,4-9H2,1-3H3;3-7H2,1-2H3;3H2,1-2H3;2*1H4. The fourth-order valence-corrected chi connectivity index (χ4v) is 10.2. The van der Waals surface area contributed by atoms with Crippen LogP contribution in [-0.4, -0.2) is 0 Å². The van der Waals surface area contributed by atoms with Crippen LogP contribution in [0.2, 0.25) is 0 Å². The van der Waals surface area contributed by atoms with Crippen molar-refractivity contribution in [3.63, 3.8) is 0 Å². The van der Waals surface area contributed by atoms with Crippen molar-refractivity contribution in [2.24, 2.45) is 53.3 Å². The first-order chi connectivity index (χ1) is 30.5. The first-order valence-electron chi connectivity index (χ1n) is 30.5. The van der Waals surface area contributed by atoms with Gasteiger partial charge >= 0.3 is 0 Å². The number of hydrogen-bond acceptors (Lipinski definition) is 0. The van der Waals surface area contributed by atoms with E-state index in [4.69, 9.17) is 0 Å². The van der Waals surface area contributed by atoms with E-state index in [1.54, 1.807) is 0 Å². The lowest BCUT2D eigenvalue weighted by Gasteiger charge is -2.33. The summed E-state index contributed by atoms with van der Waals surface area (Å²) in [6.45, 7) is 43.9. The van der Waals surface area contributed by atoms with Gasteiger partial charge in [0.05, 0.1) is 0 Å². The molecule has 1 rings (SSSR count). The van der Waals surface area contributed by atoms with Crippen LogP contribution in [0.3, 0.4) is 0 Å². The second-order valence-electron chi connectivity index (χ2n) is 21.0. The molecule has 0 amide bonds. The Bertz CT molecular complexity index is 664. The Balaban J connectivity index is -0.000000129. The number of hydrogen-bond donors (Lipinski definition) is 0. The van der Waals surface area contributed by atoms with Gasteiger partial charge in [0, 0.05) is 0 Å². The molecule has 0 aliphatic heterocycles. The molecule has 1 fully saturated rings. The Kier molecular flexibility index (Phi) is 80.5. The second-order valence-corrected chi connectivity index (χ2v) is 21.0. The van der Waals surface area contributed by atoms with Crippen LogP contribution >= 0.6 is 0 Å². The van der Waals surface area contributed by atoms with Crippen LogP contribution in [0.4, 0.5) is 0 Å². The monoisotopic (exact) mass is 925 g/mol. The van der Waals surface area contributed by atoms with Gasteiger partial charge in [0.2, 0.25) is 0 Å². The molecular weight excluding hydrogens is 781 g/mol. The SMILES string of the molecule is C.C.CCC.CCC(CC)CC(CC)CC(CC)CC.CCC1CC(CC)CC(CC)CC(CC)C1.CCCCC(CC)CCC.CCCCCCC.CCCCCCC(CC)CCC. The Morgan fingerprint density at radius 2 is 0.508 bits per heavy atom. The van der Waals surface area contributed by atoms with Crippen molar-refractivity contribution in [1.82, 2.24) is 0 Å². The lowest BCUT2D eigenvalue weighted by molar-refractivity contribution is 0.183. The molecule has 0 heteroatoms. The highest BCUT2D eigenvalue weighted by atomic mass is 14.3. The summed E-state index contributed by atoms with van der Waals surface area (Å²) in [4.78, 5) is 0. The average molecular weight is 926 g/mol. The molecule has 0 aromatic rings. The summed E-state index contributed by atoms with van der Waals surface area (Å²) < 4.78 is 0. The summed E-state index contributed by atoms with van der Waals surface area (Å²) in [5.74, 6) is 9.06. The normalized spacial score (nSPS) is 17.6. The molecule has 0 spiro atoms. The van der Waals surface area contributed by atoms with E-state index >= 15 is 0 Å². The molecular formula is C65H144. The molecule has 0 aromatic heterocycles. The van der Waals surface area contributed by atoms with Crippen molar-refractivity contribution in [3.8, 4) is 0 Å². The molecule has 1 aliphatic carbocycles. The van der Waals surface area contributed by atoms with E-state index in [0.29, 0.717) is 0 Å². The molecule has 2 atom stereocenters. The topological polar surface area (TPSA) is 0 Å². The molecule has 0 aromatic carbocycles. The Labute approximate surface area is 422 Å². The molecule has 1 saturated carbocycles. The van der Waals surface area contributed by atoms with Gasteiger partial charge < -0.3 is 0 Å². The lowest BCUT2D eigenvalue weighted by atomic mass is 9.72. The third kappa shape index (κ3) is 56.5. The summed E-state index contributed by atoms with van der Waals surface area (Å²) in [6, 6.07) is 0. The van der Waals surface area contributed by atoms with Crippen molar-refractivity contribution in [1.29, 1.82) is 0 Å². The van der Waals surface area contributed by atoms with Crippen LogP contribution in [-0.2, 0) is 0 Å². The van der Waals surface area contributed by atoms with E-state index in [2.05, 4.69) is 132 Å². The lowest BCUT2D eigenvalue weighted by Crippen LogP contribution is -2.21. The minimum absolute atomic E-state index is 0. The van der Waals surface area contributed by atoms with E-state index in [9.17, 15) is 0 Å². The molecule has 0 bridgehead atoms. The first kappa shape index (κ1) is 79.1. The van der Waals surface area contributed by atoms with Gasteiger partial charge in [-0.1, -0.05) is 333 Å². The van der Waals surface area contributed by atoms with Crippen LogP contribution in [0, 0.1) is 53.3 Å². The highest BCUT2D eigenvalue weighted by Crippen LogP contribution is 2.38. The van der Waals surface area contributed by atoms with Crippen molar-refractivity contribution < 1.29 is 0 Å². The van der Waals surface area contributed by atoms with Crippen molar-refractivity contribution in [3.05, 3.63) is 0 Å². The van der Waals surface area contributed by atoms with Gasteiger partial charge in [-0.05, 0) is 91.8 Å². The Hall–Kier alpha value is 0. The van der Waals surface area contributed by atoms with Crippen LogP contribution in [0.15, 0.2) is 0 Å². The highest BCUT2D eigenvalue weighted by molar-refractivity contribution is 4.77. The van der Waals surface area contributed by atoms with E-state index in [-0.39, 0.29) is 14.9 Å². The summed E-state index contributed by atoms with van der Waals surface area (Å²) in [5, 5.41) is 0. The highest BCUT2D eigenvalue weighted by Gasteiger charge is 2.26. The van der Waals surface area contributed by atoms with Gasteiger partial charge in [-0.2, -0.15) is 0 Å². The molecule has 404 valence electrons. The largest absolute Gasteiger partial charge is 0.0776 e. The van der Waals surface area contributed by atoms with Gasteiger partial charge in [0.15, 0.2) is 0 Å². The van der Waals surface area contributed by atoms with E-state index in [1.807, 2.05) is 0 Å². The molecule has 2 unspecified atom stereocenters. The summed E-state index contributed by atoms with van der Waals surface area (Å²) >= 11 is 0. The predicted molar refractivity (Wildman–Crippen MR) is 314 cm³/mol. The number of rotatable bonds is 31. The van der Waals surface area contributed by atoms with Gasteiger partial charge in [-0.3, -0.25) is 0 Å². The third-order valence-corrected chi connectivity index (χ3v) is 15.4. The van der Waals surface area contributed by atoms with Gasteiger partial charge in [0.25, 0.3) is 0 Å². The molecule has 0 saturated heterocycles.